The Kier molecular flexibility index (Phi) is 2.54. The van der Waals surface area contributed by atoms with Crippen LogP contribution in [0.2, 0.25) is 0 Å². The molecule has 11 heavy (non-hydrogen) atoms. The summed E-state index contributed by atoms with van der Waals surface area (Å²) in [7, 11) is 0. The van der Waals surface area contributed by atoms with E-state index in [1.165, 1.54) is 0 Å². The third-order valence-electron chi connectivity index (χ3n) is 1.53. The van der Waals surface area contributed by atoms with Crippen LogP contribution >= 0.6 is 15.9 Å². The zero-order chi connectivity index (χ0) is 8.43. The number of nitrogens with zero attached hydrogens (tertiary/aromatic N) is 2. The molecule has 62 valence electrons. The maximum atomic E-state index is 5.74. The van der Waals surface area contributed by atoms with Crippen molar-refractivity contribution < 1.29 is 0 Å². The molecule has 0 bridgehead atoms. The first-order valence-electron chi connectivity index (χ1n) is 3.65. The molecule has 3 nitrogen and oxygen atoms in total. The lowest BCUT2D eigenvalue weighted by atomic mass is 10.4. The minimum Gasteiger partial charge on any atom is -0.383 e. The van der Waals surface area contributed by atoms with Gasteiger partial charge in [0.1, 0.15) is 5.82 Å². The largest absolute Gasteiger partial charge is 0.383 e. The summed E-state index contributed by atoms with van der Waals surface area (Å²) in [5, 5.41) is 4.24. The molecule has 1 rings (SSSR count). The van der Waals surface area contributed by atoms with Crippen molar-refractivity contribution in [2.75, 3.05) is 5.73 Å². The van der Waals surface area contributed by atoms with Crippen molar-refractivity contribution >= 4 is 21.7 Å². The van der Waals surface area contributed by atoms with Crippen LogP contribution in [0.1, 0.15) is 19.0 Å². The van der Waals surface area contributed by atoms with Crippen LogP contribution in [0.3, 0.4) is 0 Å². The summed E-state index contributed by atoms with van der Waals surface area (Å²) in [6, 6.07) is 0. The molecular formula is C7H12BrN3. The highest BCUT2D eigenvalue weighted by Gasteiger charge is 2.07. The molecule has 0 unspecified atom stereocenters. The van der Waals surface area contributed by atoms with E-state index in [9.17, 15) is 0 Å². The highest BCUT2D eigenvalue weighted by atomic mass is 79.9. The fraction of sp³-hybridized carbons (Fsp3) is 0.571. The van der Waals surface area contributed by atoms with Crippen LogP contribution in [0.4, 0.5) is 5.82 Å². The number of hydrogen-bond acceptors (Lipinski definition) is 2. The SMILES string of the molecule is CCCn1nc(C)c(Br)c1N. The van der Waals surface area contributed by atoms with Gasteiger partial charge in [-0.05, 0) is 29.3 Å². The zero-order valence-corrected chi connectivity index (χ0v) is 8.35. The Morgan fingerprint density at radius 1 is 1.64 bits per heavy atom. The standard InChI is InChI=1S/C7H12BrN3/c1-3-4-11-7(9)6(8)5(2)10-11/h3-4,9H2,1-2H3. The minimum absolute atomic E-state index is 0.726. The fourth-order valence-electron chi connectivity index (χ4n) is 0.960. The molecule has 0 aliphatic carbocycles. The van der Waals surface area contributed by atoms with Gasteiger partial charge in [0.15, 0.2) is 0 Å². The van der Waals surface area contributed by atoms with Gasteiger partial charge in [-0.3, -0.25) is 0 Å². The Balaban J connectivity index is 2.98. The van der Waals surface area contributed by atoms with Crippen LogP contribution in [0, 0.1) is 6.92 Å². The Labute approximate surface area is 74.7 Å². The summed E-state index contributed by atoms with van der Waals surface area (Å²) >= 11 is 3.36. The number of nitrogens with two attached hydrogens (primary N) is 1. The number of aromatic nitrogens is 2. The normalized spacial score (nSPS) is 10.5. The summed E-state index contributed by atoms with van der Waals surface area (Å²) < 4.78 is 2.74. The van der Waals surface area contributed by atoms with Gasteiger partial charge in [-0.2, -0.15) is 5.10 Å². The predicted molar refractivity (Wildman–Crippen MR) is 49.4 cm³/mol. The third kappa shape index (κ3) is 1.56. The lowest BCUT2D eigenvalue weighted by Crippen LogP contribution is -2.03. The number of hydrogen-bond donors (Lipinski definition) is 1. The molecule has 1 aromatic heterocycles. The molecule has 1 heterocycles. The average Bonchev–Trinajstić information content (AvgIpc) is 2.19. The van der Waals surface area contributed by atoms with Gasteiger partial charge in [0, 0.05) is 6.54 Å². The van der Waals surface area contributed by atoms with Crippen molar-refractivity contribution in [3.8, 4) is 0 Å². The molecule has 0 aromatic carbocycles. The van der Waals surface area contributed by atoms with Crippen molar-refractivity contribution in [2.45, 2.75) is 26.8 Å². The van der Waals surface area contributed by atoms with E-state index < -0.39 is 0 Å². The second-order valence-corrected chi connectivity index (χ2v) is 3.30. The van der Waals surface area contributed by atoms with E-state index in [-0.39, 0.29) is 0 Å². The molecule has 0 aliphatic rings. The van der Waals surface area contributed by atoms with Gasteiger partial charge in [-0.25, -0.2) is 4.68 Å². The highest BCUT2D eigenvalue weighted by Crippen LogP contribution is 2.22. The Morgan fingerprint density at radius 2 is 2.27 bits per heavy atom. The first-order valence-corrected chi connectivity index (χ1v) is 4.44. The number of halogens is 1. The van der Waals surface area contributed by atoms with Gasteiger partial charge >= 0.3 is 0 Å². The fourth-order valence-corrected chi connectivity index (χ4v) is 1.24. The van der Waals surface area contributed by atoms with Crippen LogP contribution in [0.5, 0.6) is 0 Å². The Morgan fingerprint density at radius 3 is 2.64 bits per heavy atom. The van der Waals surface area contributed by atoms with Crippen molar-refractivity contribution in [2.24, 2.45) is 0 Å². The number of nitrogen functional groups attached to an aromatic ring is 1. The van der Waals surface area contributed by atoms with E-state index in [1.54, 1.807) is 0 Å². The lowest BCUT2D eigenvalue weighted by molar-refractivity contribution is 0.606. The van der Waals surface area contributed by atoms with E-state index >= 15 is 0 Å². The molecule has 0 saturated heterocycles. The van der Waals surface area contributed by atoms with Gasteiger partial charge in [-0.1, -0.05) is 6.92 Å². The van der Waals surface area contributed by atoms with Gasteiger partial charge in [0.2, 0.25) is 0 Å². The first-order chi connectivity index (χ1) is 5.16. The molecule has 0 spiro atoms. The van der Waals surface area contributed by atoms with Crippen LogP contribution in [-0.2, 0) is 6.54 Å². The van der Waals surface area contributed by atoms with E-state index in [1.807, 2.05) is 11.6 Å². The quantitative estimate of drug-likeness (QED) is 0.824. The predicted octanol–water partition coefficient (Wildman–Crippen LogP) is 1.95. The lowest BCUT2D eigenvalue weighted by Gasteiger charge is -1.99. The van der Waals surface area contributed by atoms with Crippen molar-refractivity contribution in [3.63, 3.8) is 0 Å². The summed E-state index contributed by atoms with van der Waals surface area (Å²) in [6.45, 7) is 4.93. The van der Waals surface area contributed by atoms with Crippen molar-refractivity contribution in [1.29, 1.82) is 0 Å². The summed E-state index contributed by atoms with van der Waals surface area (Å²) in [5.74, 6) is 0.726. The average molecular weight is 218 g/mol. The van der Waals surface area contributed by atoms with E-state index in [0.29, 0.717) is 0 Å². The van der Waals surface area contributed by atoms with E-state index in [4.69, 9.17) is 5.73 Å². The second-order valence-electron chi connectivity index (χ2n) is 2.51. The minimum atomic E-state index is 0.726. The molecule has 0 atom stereocenters. The Hall–Kier alpha value is -0.510. The van der Waals surface area contributed by atoms with Crippen LogP contribution < -0.4 is 5.73 Å². The smallest absolute Gasteiger partial charge is 0.136 e. The number of anilines is 1. The molecule has 0 radical (unpaired) electrons. The molecule has 4 heteroatoms. The maximum Gasteiger partial charge on any atom is 0.136 e. The molecule has 0 amide bonds. The molecule has 0 fully saturated rings. The third-order valence-corrected chi connectivity index (χ3v) is 2.51. The van der Waals surface area contributed by atoms with E-state index in [0.717, 1.165) is 29.0 Å². The molecule has 0 saturated carbocycles. The molecule has 0 aliphatic heterocycles. The van der Waals surface area contributed by atoms with Crippen LogP contribution in [-0.4, -0.2) is 9.78 Å². The van der Waals surface area contributed by atoms with E-state index in [2.05, 4.69) is 28.0 Å². The Bertz CT molecular complexity index is 254. The molecule has 1 aromatic rings. The van der Waals surface area contributed by atoms with Crippen LogP contribution in [0.15, 0.2) is 4.47 Å². The number of rotatable bonds is 2. The highest BCUT2D eigenvalue weighted by molar-refractivity contribution is 9.10. The first kappa shape index (κ1) is 8.59. The van der Waals surface area contributed by atoms with Crippen LogP contribution in [0.25, 0.3) is 0 Å². The number of aryl methyl sites for hydroxylation is 2. The topological polar surface area (TPSA) is 43.8 Å². The van der Waals surface area contributed by atoms with Crippen molar-refractivity contribution in [1.82, 2.24) is 9.78 Å². The summed E-state index contributed by atoms with van der Waals surface area (Å²) in [5.41, 5.74) is 6.70. The maximum absolute atomic E-state index is 5.74. The molecular weight excluding hydrogens is 206 g/mol. The van der Waals surface area contributed by atoms with Gasteiger partial charge in [0.25, 0.3) is 0 Å². The molecule has 2 N–H and O–H groups in total. The van der Waals surface area contributed by atoms with Crippen molar-refractivity contribution in [3.05, 3.63) is 10.2 Å². The summed E-state index contributed by atoms with van der Waals surface area (Å²) in [4.78, 5) is 0. The van der Waals surface area contributed by atoms with Gasteiger partial charge in [0.05, 0.1) is 10.2 Å². The monoisotopic (exact) mass is 217 g/mol. The second kappa shape index (κ2) is 3.26. The van der Waals surface area contributed by atoms with Gasteiger partial charge in [-0.15, -0.1) is 0 Å². The van der Waals surface area contributed by atoms with Gasteiger partial charge < -0.3 is 5.73 Å². The summed E-state index contributed by atoms with van der Waals surface area (Å²) in [6.07, 6.45) is 1.05. The zero-order valence-electron chi connectivity index (χ0n) is 6.76.